The molecule has 1 heterocycles. The second kappa shape index (κ2) is 6.83. The van der Waals surface area contributed by atoms with Crippen molar-refractivity contribution in [1.82, 2.24) is 9.13 Å². The third kappa shape index (κ3) is 3.16. The number of aryl methyl sites for hydroxylation is 1. The van der Waals surface area contributed by atoms with E-state index in [0.29, 0.717) is 16.5 Å². The van der Waals surface area contributed by atoms with Crippen LogP contribution in [0.1, 0.15) is 36.5 Å². The van der Waals surface area contributed by atoms with Crippen LogP contribution in [0.5, 0.6) is 0 Å². The molecule has 0 aliphatic rings. The van der Waals surface area contributed by atoms with Crippen LogP contribution >= 0.6 is 0 Å². The maximum absolute atomic E-state index is 12.8. The summed E-state index contributed by atoms with van der Waals surface area (Å²) >= 11 is 0. The Morgan fingerprint density at radius 1 is 1.15 bits per heavy atom. The molecule has 0 fully saturated rings. The first kappa shape index (κ1) is 18.6. The van der Waals surface area contributed by atoms with Gasteiger partial charge in [0.1, 0.15) is 0 Å². The molecule has 140 valence electrons. The topological polar surface area (TPSA) is 87.1 Å². The molecular formula is C20H21N3O4. The van der Waals surface area contributed by atoms with Crippen LogP contribution in [-0.4, -0.2) is 14.1 Å². The number of benzene rings is 2. The van der Waals surface area contributed by atoms with E-state index in [1.165, 1.54) is 13.1 Å². The van der Waals surface area contributed by atoms with E-state index < -0.39 is 10.6 Å². The summed E-state index contributed by atoms with van der Waals surface area (Å²) in [6.45, 7) is 5.90. The molecule has 1 aromatic heterocycles. The SMILES string of the molecule is Cc1cc(Cn2c(=O)n(C)c(=O)c3c(C(C)C)cccc32)ccc1[N+](=O)[O-]. The first-order chi connectivity index (χ1) is 12.7. The molecule has 27 heavy (non-hydrogen) atoms. The van der Waals surface area contributed by atoms with Crippen LogP contribution in [0, 0.1) is 17.0 Å². The Bertz CT molecular complexity index is 1170. The van der Waals surface area contributed by atoms with Gasteiger partial charge in [-0.15, -0.1) is 0 Å². The Morgan fingerprint density at radius 2 is 1.85 bits per heavy atom. The van der Waals surface area contributed by atoms with Crippen molar-refractivity contribution in [2.24, 2.45) is 7.05 Å². The van der Waals surface area contributed by atoms with Gasteiger partial charge < -0.3 is 0 Å². The fourth-order valence-electron chi connectivity index (χ4n) is 3.39. The molecule has 7 nitrogen and oxygen atoms in total. The Morgan fingerprint density at radius 3 is 2.44 bits per heavy atom. The van der Waals surface area contributed by atoms with Crippen LogP contribution in [0.4, 0.5) is 5.69 Å². The quantitative estimate of drug-likeness (QED) is 0.524. The molecule has 0 spiro atoms. The van der Waals surface area contributed by atoms with Crippen LogP contribution in [-0.2, 0) is 13.6 Å². The second-order valence-corrected chi connectivity index (χ2v) is 7.01. The molecule has 0 N–H and O–H groups in total. The highest BCUT2D eigenvalue weighted by Gasteiger charge is 2.17. The molecule has 0 bridgehead atoms. The summed E-state index contributed by atoms with van der Waals surface area (Å²) in [5, 5.41) is 11.6. The van der Waals surface area contributed by atoms with E-state index in [2.05, 4.69) is 0 Å². The highest BCUT2D eigenvalue weighted by molar-refractivity contribution is 5.82. The average molecular weight is 367 g/mol. The van der Waals surface area contributed by atoms with Crippen LogP contribution in [0.3, 0.4) is 0 Å². The molecule has 0 unspecified atom stereocenters. The Balaban J connectivity index is 2.25. The van der Waals surface area contributed by atoms with Gasteiger partial charge in [-0.2, -0.15) is 0 Å². The van der Waals surface area contributed by atoms with Crippen molar-refractivity contribution in [2.75, 3.05) is 0 Å². The number of aromatic nitrogens is 2. The number of hydrogen-bond donors (Lipinski definition) is 0. The van der Waals surface area contributed by atoms with E-state index in [-0.39, 0.29) is 23.7 Å². The minimum atomic E-state index is -0.429. The van der Waals surface area contributed by atoms with E-state index >= 15 is 0 Å². The normalized spacial score (nSPS) is 11.3. The molecule has 0 radical (unpaired) electrons. The molecule has 0 saturated carbocycles. The first-order valence-electron chi connectivity index (χ1n) is 8.68. The lowest BCUT2D eigenvalue weighted by molar-refractivity contribution is -0.385. The zero-order valence-corrected chi connectivity index (χ0v) is 15.7. The lowest BCUT2D eigenvalue weighted by Gasteiger charge is -2.16. The largest absolute Gasteiger partial charge is 0.331 e. The maximum atomic E-state index is 12.8. The zero-order chi connectivity index (χ0) is 19.9. The van der Waals surface area contributed by atoms with Crippen molar-refractivity contribution in [3.8, 4) is 0 Å². The standard InChI is InChI=1S/C20H21N3O4/c1-12(2)15-6-5-7-17-18(15)19(24)21(4)20(25)22(17)11-14-8-9-16(23(26)27)13(3)10-14/h5-10,12H,11H2,1-4H3. The zero-order valence-electron chi connectivity index (χ0n) is 15.7. The molecule has 7 heteroatoms. The lowest BCUT2D eigenvalue weighted by Crippen LogP contribution is -2.38. The fourth-order valence-corrected chi connectivity index (χ4v) is 3.39. The van der Waals surface area contributed by atoms with Gasteiger partial charge in [-0.25, -0.2) is 4.79 Å². The van der Waals surface area contributed by atoms with Crippen molar-refractivity contribution in [1.29, 1.82) is 0 Å². The Kier molecular flexibility index (Phi) is 4.70. The minimum absolute atomic E-state index is 0.0403. The minimum Gasteiger partial charge on any atom is -0.289 e. The number of nitro benzene ring substituents is 1. The van der Waals surface area contributed by atoms with Gasteiger partial charge in [-0.1, -0.05) is 32.0 Å². The number of fused-ring (bicyclic) bond motifs is 1. The second-order valence-electron chi connectivity index (χ2n) is 7.01. The van der Waals surface area contributed by atoms with Gasteiger partial charge in [0.2, 0.25) is 0 Å². The van der Waals surface area contributed by atoms with Crippen LogP contribution in [0.25, 0.3) is 10.9 Å². The van der Waals surface area contributed by atoms with Gasteiger partial charge >= 0.3 is 5.69 Å². The average Bonchev–Trinajstić information content (AvgIpc) is 2.62. The van der Waals surface area contributed by atoms with E-state index in [0.717, 1.165) is 15.7 Å². The smallest absolute Gasteiger partial charge is 0.289 e. The van der Waals surface area contributed by atoms with Crippen LogP contribution < -0.4 is 11.2 Å². The molecule has 0 aliphatic heterocycles. The van der Waals surface area contributed by atoms with Crippen molar-refractivity contribution in [2.45, 2.75) is 33.2 Å². The van der Waals surface area contributed by atoms with Crippen LogP contribution in [0.15, 0.2) is 46.0 Å². The summed E-state index contributed by atoms with van der Waals surface area (Å²) in [6, 6.07) is 10.3. The predicted molar refractivity (Wildman–Crippen MR) is 104 cm³/mol. The molecule has 3 aromatic rings. The van der Waals surface area contributed by atoms with E-state index in [9.17, 15) is 19.7 Å². The third-order valence-electron chi connectivity index (χ3n) is 4.82. The summed E-state index contributed by atoms with van der Waals surface area (Å²) in [5.74, 6) is 0.133. The Labute approximate surface area is 155 Å². The predicted octanol–water partition coefficient (Wildman–Crippen LogP) is 3.09. The summed E-state index contributed by atoms with van der Waals surface area (Å²) < 4.78 is 2.66. The van der Waals surface area contributed by atoms with Crippen molar-refractivity contribution in [3.05, 3.63) is 84.0 Å². The first-order valence-corrected chi connectivity index (χ1v) is 8.68. The molecule has 3 rings (SSSR count). The maximum Gasteiger partial charge on any atom is 0.331 e. The van der Waals surface area contributed by atoms with Gasteiger partial charge in [0.05, 0.1) is 22.4 Å². The number of nitro groups is 1. The molecule has 0 aliphatic carbocycles. The monoisotopic (exact) mass is 367 g/mol. The summed E-state index contributed by atoms with van der Waals surface area (Å²) in [6.07, 6.45) is 0. The third-order valence-corrected chi connectivity index (χ3v) is 4.82. The molecular weight excluding hydrogens is 346 g/mol. The summed E-state index contributed by atoms with van der Waals surface area (Å²) in [5.41, 5.74) is 2.07. The Hall–Kier alpha value is -3.22. The number of rotatable bonds is 4. The molecule has 2 aromatic carbocycles. The van der Waals surface area contributed by atoms with Crippen LogP contribution in [0.2, 0.25) is 0 Å². The lowest BCUT2D eigenvalue weighted by atomic mass is 9.99. The highest BCUT2D eigenvalue weighted by atomic mass is 16.6. The van der Waals surface area contributed by atoms with E-state index in [1.807, 2.05) is 26.0 Å². The van der Waals surface area contributed by atoms with Gasteiger partial charge in [0.25, 0.3) is 11.2 Å². The fraction of sp³-hybridized carbons (Fsp3) is 0.300. The van der Waals surface area contributed by atoms with E-state index in [4.69, 9.17) is 0 Å². The van der Waals surface area contributed by atoms with Gasteiger partial charge in [-0.3, -0.25) is 24.0 Å². The highest BCUT2D eigenvalue weighted by Crippen LogP contribution is 2.23. The molecule has 0 atom stereocenters. The summed E-state index contributed by atoms with van der Waals surface area (Å²) in [7, 11) is 1.47. The summed E-state index contributed by atoms with van der Waals surface area (Å²) in [4.78, 5) is 36.1. The molecule has 0 saturated heterocycles. The van der Waals surface area contributed by atoms with Gasteiger partial charge in [0.15, 0.2) is 0 Å². The van der Waals surface area contributed by atoms with E-state index in [1.54, 1.807) is 29.7 Å². The number of hydrogen-bond acceptors (Lipinski definition) is 4. The van der Waals surface area contributed by atoms with Gasteiger partial charge in [-0.05, 0) is 36.1 Å². The number of nitrogens with zero attached hydrogens (tertiary/aromatic N) is 3. The molecule has 0 amide bonds. The van der Waals surface area contributed by atoms with Crippen molar-refractivity contribution in [3.63, 3.8) is 0 Å². The van der Waals surface area contributed by atoms with Gasteiger partial charge in [0, 0.05) is 18.7 Å². The van der Waals surface area contributed by atoms with Crippen molar-refractivity contribution < 1.29 is 4.92 Å². The van der Waals surface area contributed by atoms with Crippen molar-refractivity contribution >= 4 is 16.6 Å².